The first-order valence-electron chi connectivity index (χ1n) is 8.01. The van der Waals surface area contributed by atoms with Gasteiger partial charge in [0.15, 0.2) is 0 Å². The van der Waals surface area contributed by atoms with Crippen LogP contribution in [0.15, 0.2) is 48.6 Å². The summed E-state index contributed by atoms with van der Waals surface area (Å²) in [6.07, 6.45) is 4.28. The van der Waals surface area contributed by atoms with Gasteiger partial charge in [0.25, 0.3) is 0 Å². The summed E-state index contributed by atoms with van der Waals surface area (Å²) in [5.74, 6) is -2.37. The van der Waals surface area contributed by atoms with Gasteiger partial charge in [-0.3, -0.25) is 0 Å². The quantitative estimate of drug-likeness (QED) is 0.261. The molecular formula is C18H16B2O8. The molecule has 0 saturated heterocycles. The summed E-state index contributed by atoms with van der Waals surface area (Å²) in [6.45, 7) is 0. The fourth-order valence-electron chi connectivity index (χ4n) is 2.60. The van der Waals surface area contributed by atoms with Crippen molar-refractivity contribution in [1.82, 2.24) is 0 Å². The number of carboxylic acids is 2. The normalized spacial score (nSPS) is 11.1. The van der Waals surface area contributed by atoms with Crippen LogP contribution in [0.3, 0.4) is 0 Å². The molecule has 8 nitrogen and oxygen atoms in total. The van der Waals surface area contributed by atoms with Gasteiger partial charge in [0.1, 0.15) is 0 Å². The van der Waals surface area contributed by atoms with Crippen LogP contribution in [0.4, 0.5) is 0 Å². The number of carboxylic acid groups (broad SMARTS) is 2. The summed E-state index contributed by atoms with van der Waals surface area (Å²) in [4.78, 5) is 21.5. The van der Waals surface area contributed by atoms with E-state index in [0.717, 1.165) is 12.2 Å². The lowest BCUT2D eigenvalue weighted by atomic mass is 9.72. The molecule has 2 aromatic rings. The van der Waals surface area contributed by atoms with Gasteiger partial charge in [-0.15, -0.1) is 0 Å². The van der Waals surface area contributed by atoms with Crippen LogP contribution in [0.25, 0.3) is 23.3 Å². The standard InChI is InChI=1S/C18H16B2O8/c21-17(22)7-2-11-1-5-16(20(27)28)14(9-11)12-3-6-15(19(25)26)13(10-12)4-8-18(23)24/h1-10,25-28H,(H,21,22)(H,23,24)/b7-2+,8-4+. The maximum atomic E-state index is 10.8. The van der Waals surface area contributed by atoms with Crippen LogP contribution in [0.2, 0.25) is 0 Å². The van der Waals surface area contributed by atoms with E-state index < -0.39 is 26.2 Å². The van der Waals surface area contributed by atoms with Crippen LogP contribution in [0.5, 0.6) is 0 Å². The van der Waals surface area contributed by atoms with E-state index in [2.05, 4.69) is 0 Å². The summed E-state index contributed by atoms with van der Waals surface area (Å²) < 4.78 is 0. The van der Waals surface area contributed by atoms with Crippen molar-refractivity contribution < 1.29 is 39.9 Å². The lowest BCUT2D eigenvalue weighted by molar-refractivity contribution is -0.132. The summed E-state index contributed by atoms with van der Waals surface area (Å²) in [5, 5.41) is 55.8. The average Bonchev–Trinajstić information content (AvgIpc) is 2.63. The number of carbonyl (C=O) groups is 2. The molecule has 0 fully saturated rings. The highest BCUT2D eigenvalue weighted by atomic mass is 16.4. The van der Waals surface area contributed by atoms with Gasteiger partial charge in [-0.2, -0.15) is 0 Å². The van der Waals surface area contributed by atoms with Crippen molar-refractivity contribution in [2.24, 2.45) is 0 Å². The first-order valence-corrected chi connectivity index (χ1v) is 8.01. The van der Waals surface area contributed by atoms with E-state index in [9.17, 15) is 29.7 Å². The molecule has 0 heterocycles. The molecule has 0 spiro atoms. The first-order chi connectivity index (χ1) is 13.2. The molecule has 2 rings (SSSR count). The SMILES string of the molecule is O=C(O)/C=C/c1ccc(B(O)O)c(-c2ccc(B(O)O)c(/C=C/C(=O)O)c2)c1. The van der Waals surface area contributed by atoms with Crippen molar-refractivity contribution in [1.29, 1.82) is 0 Å². The number of rotatable bonds is 7. The highest BCUT2D eigenvalue weighted by molar-refractivity contribution is 6.61. The predicted octanol–water partition coefficient (Wildman–Crippen LogP) is -1.09. The third kappa shape index (κ3) is 5.41. The zero-order chi connectivity index (χ0) is 20.8. The third-order valence-corrected chi connectivity index (χ3v) is 3.86. The average molecular weight is 382 g/mol. The fraction of sp³-hybridized carbons (Fsp3) is 0. The molecule has 0 atom stereocenters. The van der Waals surface area contributed by atoms with Crippen molar-refractivity contribution >= 4 is 49.3 Å². The molecule has 2 aromatic carbocycles. The van der Waals surface area contributed by atoms with Gasteiger partial charge in [-0.25, -0.2) is 9.59 Å². The van der Waals surface area contributed by atoms with Gasteiger partial charge in [0.2, 0.25) is 0 Å². The summed E-state index contributed by atoms with van der Waals surface area (Å²) in [5.41, 5.74) is 1.68. The molecule has 0 radical (unpaired) electrons. The second-order valence-corrected chi connectivity index (χ2v) is 5.78. The minimum Gasteiger partial charge on any atom is -0.478 e. The molecule has 0 aliphatic rings. The maximum absolute atomic E-state index is 10.8. The van der Waals surface area contributed by atoms with E-state index in [0.29, 0.717) is 16.7 Å². The van der Waals surface area contributed by atoms with Crippen molar-refractivity contribution in [2.45, 2.75) is 0 Å². The zero-order valence-corrected chi connectivity index (χ0v) is 14.4. The number of hydrogen-bond acceptors (Lipinski definition) is 6. The lowest BCUT2D eigenvalue weighted by Crippen LogP contribution is -2.33. The van der Waals surface area contributed by atoms with E-state index in [4.69, 9.17) is 10.2 Å². The molecular weight excluding hydrogens is 366 g/mol. The van der Waals surface area contributed by atoms with E-state index in [1.165, 1.54) is 48.6 Å². The Bertz CT molecular complexity index is 951. The molecule has 0 aliphatic carbocycles. The number of benzene rings is 2. The first kappa shape index (κ1) is 21.1. The van der Waals surface area contributed by atoms with Crippen molar-refractivity contribution in [3.05, 3.63) is 59.7 Å². The molecule has 0 saturated carbocycles. The number of hydrogen-bond donors (Lipinski definition) is 6. The van der Waals surface area contributed by atoms with Crippen LogP contribution in [0, 0.1) is 0 Å². The van der Waals surface area contributed by atoms with Crippen LogP contribution in [0.1, 0.15) is 11.1 Å². The van der Waals surface area contributed by atoms with Crippen molar-refractivity contribution in [2.75, 3.05) is 0 Å². The fourth-order valence-corrected chi connectivity index (χ4v) is 2.60. The Labute approximate surface area is 160 Å². The van der Waals surface area contributed by atoms with E-state index >= 15 is 0 Å². The van der Waals surface area contributed by atoms with Gasteiger partial charge >= 0.3 is 26.2 Å². The third-order valence-electron chi connectivity index (χ3n) is 3.86. The topological polar surface area (TPSA) is 156 Å². The van der Waals surface area contributed by atoms with Gasteiger partial charge < -0.3 is 30.3 Å². The Kier molecular flexibility index (Phi) is 6.91. The second-order valence-electron chi connectivity index (χ2n) is 5.78. The largest absolute Gasteiger partial charge is 0.489 e. The Balaban J connectivity index is 2.64. The monoisotopic (exact) mass is 382 g/mol. The molecule has 0 amide bonds. The smallest absolute Gasteiger partial charge is 0.478 e. The maximum Gasteiger partial charge on any atom is 0.489 e. The lowest BCUT2D eigenvalue weighted by Gasteiger charge is -2.13. The Morgan fingerprint density at radius 1 is 0.750 bits per heavy atom. The highest BCUT2D eigenvalue weighted by Gasteiger charge is 2.20. The van der Waals surface area contributed by atoms with Crippen LogP contribution >= 0.6 is 0 Å². The molecule has 6 N–H and O–H groups in total. The van der Waals surface area contributed by atoms with Crippen LogP contribution in [-0.2, 0) is 9.59 Å². The molecule has 10 heteroatoms. The van der Waals surface area contributed by atoms with Gasteiger partial charge in [-0.1, -0.05) is 24.3 Å². The summed E-state index contributed by atoms with van der Waals surface area (Å²) in [7, 11) is -3.65. The number of aliphatic carboxylic acids is 2. The zero-order valence-electron chi connectivity index (χ0n) is 14.4. The molecule has 0 bridgehead atoms. The van der Waals surface area contributed by atoms with Gasteiger partial charge in [-0.05, 0) is 57.5 Å². The molecule has 28 heavy (non-hydrogen) atoms. The Morgan fingerprint density at radius 2 is 1.32 bits per heavy atom. The van der Waals surface area contributed by atoms with Crippen molar-refractivity contribution in [3.8, 4) is 11.1 Å². The van der Waals surface area contributed by atoms with Crippen molar-refractivity contribution in [3.63, 3.8) is 0 Å². The minimum absolute atomic E-state index is 0.0641. The molecule has 0 aromatic heterocycles. The van der Waals surface area contributed by atoms with E-state index in [1.807, 2.05) is 0 Å². The predicted molar refractivity (Wildman–Crippen MR) is 105 cm³/mol. The van der Waals surface area contributed by atoms with Gasteiger partial charge in [0, 0.05) is 12.2 Å². The van der Waals surface area contributed by atoms with Crippen LogP contribution < -0.4 is 10.9 Å². The minimum atomic E-state index is -1.84. The Morgan fingerprint density at radius 3 is 1.89 bits per heavy atom. The van der Waals surface area contributed by atoms with E-state index in [-0.39, 0.29) is 16.5 Å². The summed E-state index contributed by atoms with van der Waals surface area (Å²) >= 11 is 0. The van der Waals surface area contributed by atoms with Crippen LogP contribution in [-0.4, -0.2) is 56.5 Å². The highest BCUT2D eigenvalue weighted by Crippen LogP contribution is 2.21. The van der Waals surface area contributed by atoms with E-state index in [1.54, 1.807) is 0 Å². The van der Waals surface area contributed by atoms with Gasteiger partial charge in [0.05, 0.1) is 0 Å². The summed E-state index contributed by atoms with van der Waals surface area (Å²) in [6, 6.07) is 8.79. The Hall–Kier alpha value is -3.17. The molecule has 142 valence electrons. The second kappa shape index (κ2) is 9.16. The molecule has 0 aliphatic heterocycles. The molecule has 0 unspecified atom stereocenters.